The summed E-state index contributed by atoms with van der Waals surface area (Å²) in [7, 11) is 0. The summed E-state index contributed by atoms with van der Waals surface area (Å²) in [6, 6.07) is 8.58. The number of thiazole rings is 1. The number of amides is 1. The molecule has 1 aromatic carbocycles. The van der Waals surface area contributed by atoms with Gasteiger partial charge >= 0.3 is 0 Å². The molecule has 1 amide bonds. The van der Waals surface area contributed by atoms with E-state index in [1.54, 1.807) is 42.7 Å². The van der Waals surface area contributed by atoms with Gasteiger partial charge in [0.25, 0.3) is 11.5 Å². The van der Waals surface area contributed by atoms with Crippen molar-refractivity contribution in [3.8, 4) is 10.8 Å². The van der Waals surface area contributed by atoms with E-state index < -0.39 is 0 Å². The minimum absolute atomic E-state index is 0.169. The largest absolute Gasteiger partial charge is 0.345 e. The molecule has 0 aliphatic heterocycles. The van der Waals surface area contributed by atoms with E-state index in [1.165, 1.54) is 11.3 Å². The standard InChI is InChI=1S/C17H12N6O2S/c24-15-12-5-2-1-4-11(12)13(22-23-15)16(25)20-8-10-9-26-17(21-10)14-18-6-3-7-19-14/h1-7,9H,8H2,(H,20,25)(H,23,24). The van der Waals surface area contributed by atoms with E-state index in [0.29, 0.717) is 27.3 Å². The second kappa shape index (κ2) is 6.81. The van der Waals surface area contributed by atoms with Crippen LogP contribution in [0.2, 0.25) is 0 Å². The Hall–Kier alpha value is -3.46. The second-order valence-corrected chi connectivity index (χ2v) is 6.20. The number of aromatic amines is 1. The van der Waals surface area contributed by atoms with E-state index in [1.807, 2.05) is 5.38 Å². The van der Waals surface area contributed by atoms with Gasteiger partial charge in [0.1, 0.15) is 0 Å². The van der Waals surface area contributed by atoms with E-state index in [9.17, 15) is 9.59 Å². The number of hydrogen-bond donors (Lipinski definition) is 2. The molecule has 9 heteroatoms. The molecule has 0 aliphatic rings. The molecule has 0 radical (unpaired) electrons. The normalized spacial score (nSPS) is 10.8. The number of benzene rings is 1. The third-order valence-corrected chi connectivity index (χ3v) is 4.54. The lowest BCUT2D eigenvalue weighted by atomic mass is 10.1. The van der Waals surface area contributed by atoms with Gasteiger partial charge in [-0.05, 0) is 12.1 Å². The maximum absolute atomic E-state index is 12.5. The minimum atomic E-state index is -0.386. The predicted molar refractivity (Wildman–Crippen MR) is 96.7 cm³/mol. The van der Waals surface area contributed by atoms with Gasteiger partial charge in [0.05, 0.1) is 17.6 Å². The molecule has 0 bridgehead atoms. The maximum Gasteiger partial charge on any atom is 0.272 e. The van der Waals surface area contributed by atoms with Gasteiger partial charge in [0, 0.05) is 23.2 Å². The van der Waals surface area contributed by atoms with Crippen LogP contribution >= 0.6 is 11.3 Å². The van der Waals surface area contributed by atoms with Crippen molar-refractivity contribution in [3.05, 3.63) is 69.8 Å². The zero-order valence-corrected chi connectivity index (χ0v) is 14.2. The molecule has 0 atom stereocenters. The Kier molecular flexibility index (Phi) is 4.20. The van der Waals surface area contributed by atoms with Crippen LogP contribution in [0.3, 0.4) is 0 Å². The van der Waals surface area contributed by atoms with E-state index in [4.69, 9.17) is 0 Å². The molecule has 8 nitrogen and oxygen atoms in total. The Morgan fingerprint density at radius 1 is 1.12 bits per heavy atom. The first-order chi connectivity index (χ1) is 12.7. The van der Waals surface area contributed by atoms with Gasteiger partial charge in [-0.1, -0.05) is 18.2 Å². The highest BCUT2D eigenvalue weighted by Crippen LogP contribution is 2.19. The summed E-state index contributed by atoms with van der Waals surface area (Å²) in [5, 5.41) is 12.5. The summed E-state index contributed by atoms with van der Waals surface area (Å²) in [6.07, 6.45) is 3.30. The Morgan fingerprint density at radius 2 is 1.88 bits per heavy atom. The van der Waals surface area contributed by atoms with Gasteiger partial charge in [-0.3, -0.25) is 9.59 Å². The smallest absolute Gasteiger partial charge is 0.272 e. The fourth-order valence-electron chi connectivity index (χ4n) is 2.44. The van der Waals surface area contributed by atoms with Crippen molar-refractivity contribution in [2.24, 2.45) is 0 Å². The van der Waals surface area contributed by atoms with Crippen LogP contribution < -0.4 is 10.9 Å². The summed E-state index contributed by atoms with van der Waals surface area (Å²) in [6.45, 7) is 0.233. The number of hydrogen-bond acceptors (Lipinski definition) is 7. The molecule has 0 unspecified atom stereocenters. The van der Waals surface area contributed by atoms with E-state index >= 15 is 0 Å². The van der Waals surface area contributed by atoms with Crippen molar-refractivity contribution in [2.45, 2.75) is 6.54 Å². The van der Waals surface area contributed by atoms with E-state index in [2.05, 4.69) is 30.5 Å². The lowest BCUT2D eigenvalue weighted by molar-refractivity contribution is 0.0946. The Balaban J connectivity index is 1.53. The molecule has 128 valence electrons. The molecule has 0 saturated heterocycles. The van der Waals surface area contributed by atoms with Crippen molar-refractivity contribution in [3.63, 3.8) is 0 Å². The van der Waals surface area contributed by atoms with Gasteiger partial charge in [0.2, 0.25) is 0 Å². The monoisotopic (exact) mass is 364 g/mol. The van der Waals surface area contributed by atoms with Crippen LogP contribution in [-0.4, -0.2) is 31.1 Å². The van der Waals surface area contributed by atoms with E-state index in [0.717, 1.165) is 0 Å². The summed E-state index contributed by atoms with van der Waals surface area (Å²) in [5.74, 6) is 0.159. The van der Waals surface area contributed by atoms with Crippen molar-refractivity contribution in [1.29, 1.82) is 0 Å². The zero-order valence-electron chi connectivity index (χ0n) is 13.3. The number of nitrogens with zero attached hydrogens (tertiary/aromatic N) is 4. The molecule has 0 aliphatic carbocycles. The van der Waals surface area contributed by atoms with Crippen LogP contribution in [0.25, 0.3) is 21.6 Å². The number of nitrogens with one attached hydrogen (secondary N) is 2. The van der Waals surface area contributed by atoms with Gasteiger partial charge < -0.3 is 5.32 Å². The van der Waals surface area contributed by atoms with Gasteiger partial charge in [-0.15, -0.1) is 11.3 Å². The molecule has 0 saturated carbocycles. The quantitative estimate of drug-likeness (QED) is 0.570. The minimum Gasteiger partial charge on any atom is -0.345 e. The lowest BCUT2D eigenvalue weighted by Gasteiger charge is -2.05. The zero-order chi connectivity index (χ0) is 17.9. The lowest BCUT2D eigenvalue weighted by Crippen LogP contribution is -2.26. The van der Waals surface area contributed by atoms with Crippen molar-refractivity contribution >= 4 is 28.0 Å². The predicted octanol–water partition coefficient (Wildman–Crippen LogP) is 1.77. The van der Waals surface area contributed by atoms with Crippen LogP contribution in [0.15, 0.2) is 52.9 Å². The third-order valence-electron chi connectivity index (χ3n) is 3.65. The number of carbonyl (C=O) groups is 1. The fraction of sp³-hybridized carbons (Fsp3) is 0.0588. The van der Waals surface area contributed by atoms with Gasteiger partial charge in [-0.25, -0.2) is 20.1 Å². The average molecular weight is 364 g/mol. The molecule has 2 N–H and O–H groups in total. The molecule has 0 spiro atoms. The third kappa shape index (κ3) is 3.07. The number of rotatable bonds is 4. The molecule has 0 fully saturated rings. The fourth-order valence-corrected chi connectivity index (χ4v) is 3.21. The molecule has 3 aromatic heterocycles. The summed E-state index contributed by atoms with van der Waals surface area (Å²) in [4.78, 5) is 37.0. The SMILES string of the molecule is O=C(NCc1csc(-c2ncccn2)n1)c1n[nH]c(=O)c2ccccc12. The highest BCUT2D eigenvalue weighted by atomic mass is 32.1. The summed E-state index contributed by atoms with van der Waals surface area (Å²) >= 11 is 1.40. The topological polar surface area (TPSA) is 114 Å². The van der Waals surface area contributed by atoms with Crippen LogP contribution in [0.1, 0.15) is 16.2 Å². The van der Waals surface area contributed by atoms with Crippen molar-refractivity contribution in [2.75, 3.05) is 0 Å². The number of carbonyl (C=O) groups excluding carboxylic acids is 1. The van der Waals surface area contributed by atoms with E-state index in [-0.39, 0.29) is 23.7 Å². The Labute approximate surface area is 151 Å². The van der Waals surface area contributed by atoms with Crippen molar-refractivity contribution in [1.82, 2.24) is 30.5 Å². The first-order valence-electron chi connectivity index (χ1n) is 7.70. The summed E-state index contributed by atoms with van der Waals surface area (Å²) < 4.78 is 0. The molecule has 4 aromatic rings. The molecule has 26 heavy (non-hydrogen) atoms. The molecule has 4 rings (SSSR count). The van der Waals surface area contributed by atoms with Crippen LogP contribution in [0, 0.1) is 0 Å². The van der Waals surface area contributed by atoms with Crippen molar-refractivity contribution < 1.29 is 4.79 Å². The Bertz CT molecular complexity index is 1140. The number of H-pyrrole nitrogens is 1. The average Bonchev–Trinajstić information content (AvgIpc) is 3.16. The Morgan fingerprint density at radius 3 is 2.69 bits per heavy atom. The highest BCUT2D eigenvalue weighted by molar-refractivity contribution is 7.13. The van der Waals surface area contributed by atoms with Crippen LogP contribution in [-0.2, 0) is 6.54 Å². The maximum atomic E-state index is 12.5. The molecule has 3 heterocycles. The van der Waals surface area contributed by atoms with Gasteiger partial charge in [0.15, 0.2) is 16.5 Å². The first-order valence-corrected chi connectivity index (χ1v) is 8.58. The molecular weight excluding hydrogens is 352 g/mol. The van der Waals surface area contributed by atoms with Gasteiger partial charge in [-0.2, -0.15) is 5.10 Å². The highest BCUT2D eigenvalue weighted by Gasteiger charge is 2.14. The first kappa shape index (κ1) is 16.0. The van der Waals surface area contributed by atoms with Crippen LogP contribution in [0.4, 0.5) is 0 Å². The summed E-state index contributed by atoms with van der Waals surface area (Å²) in [5.41, 5.74) is 0.533. The second-order valence-electron chi connectivity index (χ2n) is 5.35. The van der Waals surface area contributed by atoms with Crippen LogP contribution in [0.5, 0.6) is 0 Å². The number of aromatic nitrogens is 5. The number of fused-ring (bicyclic) bond motifs is 1. The molecular formula is C17H12N6O2S.